The predicted octanol–water partition coefficient (Wildman–Crippen LogP) is 7.32. The smallest absolute Gasteiger partial charge is 0.207 e. The van der Waals surface area contributed by atoms with Crippen LogP contribution < -0.4 is 0 Å². The summed E-state index contributed by atoms with van der Waals surface area (Å²) in [6, 6.07) is 33.0. The van der Waals surface area contributed by atoms with Gasteiger partial charge in [0.25, 0.3) is 0 Å². The Balaban J connectivity index is 1.92. The van der Waals surface area contributed by atoms with Crippen LogP contribution in [-0.4, -0.2) is 0 Å². The molecule has 0 saturated heterocycles. The summed E-state index contributed by atoms with van der Waals surface area (Å²) in [6.07, 6.45) is 0. The summed E-state index contributed by atoms with van der Waals surface area (Å²) < 4.78 is 7.28. The van der Waals surface area contributed by atoms with Gasteiger partial charge in [-0.05, 0) is 35.9 Å². The summed E-state index contributed by atoms with van der Waals surface area (Å²) in [4.78, 5) is 0. The number of hydrogen-bond acceptors (Lipinski definition) is 0. The maximum Gasteiger partial charge on any atom is 0.361 e. The van der Waals surface area contributed by atoms with Gasteiger partial charge in [0.1, 0.15) is 0 Å². The van der Waals surface area contributed by atoms with E-state index in [2.05, 4.69) is 76.6 Å². The second-order valence-electron chi connectivity index (χ2n) is 5.82. The molecular weight excluding hydrogens is 372 g/mol. The highest BCUT2D eigenvalue weighted by atomic mass is 79.9. The molecule has 1 nitrogen and oxygen atoms in total. The Morgan fingerprint density at radius 3 is 1.68 bits per heavy atom. The summed E-state index contributed by atoms with van der Waals surface area (Å²) >= 11 is 3.54. The molecule has 0 spiro atoms. The fraction of sp³-hybridized carbons (Fsp3) is 0. The molecule has 0 fully saturated rings. The van der Waals surface area contributed by atoms with Crippen molar-refractivity contribution >= 4 is 15.9 Å². The third-order valence-corrected chi connectivity index (χ3v) is 4.56. The Kier molecular flexibility index (Phi) is 4.45. The van der Waals surface area contributed by atoms with Gasteiger partial charge in [0.15, 0.2) is 0 Å². The lowest BCUT2D eigenvalue weighted by atomic mass is 10.0. The molecule has 0 aliphatic carbocycles. The Labute approximate surface area is 155 Å². The Hall–Kier alpha value is -2.71. The van der Waals surface area contributed by atoms with Crippen LogP contribution in [0.4, 0.5) is 0 Å². The number of rotatable bonds is 3. The first-order chi connectivity index (χ1) is 12.3. The zero-order valence-electron chi connectivity index (χ0n) is 13.5. The molecule has 0 atom stereocenters. The Morgan fingerprint density at radius 2 is 1.04 bits per heavy atom. The standard InChI is InChI=1S/C23H16BrO/c24-21-13-7-12-19(14-21)23-16-20(17-8-3-1-4-9-17)15-22(25-23)18-10-5-2-6-11-18/h1-16H/q+1. The minimum absolute atomic E-state index is 0.849. The molecule has 1 aromatic heterocycles. The highest BCUT2D eigenvalue weighted by molar-refractivity contribution is 9.10. The van der Waals surface area contributed by atoms with Crippen LogP contribution in [0.25, 0.3) is 33.8 Å². The van der Waals surface area contributed by atoms with Gasteiger partial charge in [-0.25, -0.2) is 4.42 Å². The van der Waals surface area contributed by atoms with E-state index in [0.717, 1.165) is 32.7 Å². The van der Waals surface area contributed by atoms with Gasteiger partial charge < -0.3 is 0 Å². The molecule has 0 aliphatic heterocycles. The average molecular weight is 388 g/mol. The van der Waals surface area contributed by atoms with Gasteiger partial charge in [-0.1, -0.05) is 70.5 Å². The van der Waals surface area contributed by atoms with Gasteiger partial charge in [0.05, 0.1) is 23.3 Å². The van der Waals surface area contributed by atoms with Gasteiger partial charge in [-0.3, -0.25) is 0 Å². The first-order valence-corrected chi connectivity index (χ1v) is 8.94. The van der Waals surface area contributed by atoms with Crippen LogP contribution in [0.15, 0.2) is 106 Å². The molecule has 0 amide bonds. The molecule has 0 radical (unpaired) electrons. The third-order valence-electron chi connectivity index (χ3n) is 4.07. The van der Waals surface area contributed by atoms with Crippen LogP contribution in [0, 0.1) is 0 Å². The fourth-order valence-electron chi connectivity index (χ4n) is 2.83. The largest absolute Gasteiger partial charge is 0.361 e. The van der Waals surface area contributed by atoms with Crippen molar-refractivity contribution < 1.29 is 4.42 Å². The minimum Gasteiger partial charge on any atom is -0.207 e. The maximum atomic E-state index is 6.25. The SMILES string of the molecule is Brc1cccc(-c2cc(-c3ccccc3)cc(-c3ccccc3)[o+]2)c1. The van der Waals surface area contributed by atoms with E-state index >= 15 is 0 Å². The highest BCUT2D eigenvalue weighted by Gasteiger charge is 2.20. The molecule has 0 bridgehead atoms. The summed E-state index contributed by atoms with van der Waals surface area (Å²) in [5.74, 6) is 1.71. The van der Waals surface area contributed by atoms with Crippen molar-refractivity contribution in [3.8, 4) is 33.8 Å². The van der Waals surface area contributed by atoms with E-state index in [1.165, 1.54) is 5.56 Å². The normalized spacial score (nSPS) is 10.6. The molecular formula is C23H16BrO+. The van der Waals surface area contributed by atoms with E-state index in [1.54, 1.807) is 0 Å². The molecule has 3 aromatic carbocycles. The summed E-state index contributed by atoms with van der Waals surface area (Å²) in [5, 5.41) is 0. The van der Waals surface area contributed by atoms with Crippen molar-refractivity contribution in [1.29, 1.82) is 0 Å². The van der Waals surface area contributed by atoms with Crippen molar-refractivity contribution in [3.63, 3.8) is 0 Å². The number of halogens is 1. The van der Waals surface area contributed by atoms with Crippen molar-refractivity contribution in [1.82, 2.24) is 0 Å². The summed E-state index contributed by atoms with van der Waals surface area (Å²) in [5.41, 5.74) is 4.42. The predicted molar refractivity (Wildman–Crippen MR) is 107 cm³/mol. The lowest BCUT2D eigenvalue weighted by Gasteiger charge is -2.02. The number of benzene rings is 3. The maximum absolute atomic E-state index is 6.25. The van der Waals surface area contributed by atoms with Crippen LogP contribution in [-0.2, 0) is 0 Å². The molecule has 120 valence electrons. The van der Waals surface area contributed by atoms with E-state index in [4.69, 9.17) is 4.42 Å². The lowest BCUT2D eigenvalue weighted by molar-refractivity contribution is 0.582. The molecule has 2 heteroatoms. The molecule has 0 aliphatic rings. The highest BCUT2D eigenvalue weighted by Crippen LogP contribution is 2.33. The van der Waals surface area contributed by atoms with Crippen molar-refractivity contribution in [2.75, 3.05) is 0 Å². The molecule has 0 unspecified atom stereocenters. The van der Waals surface area contributed by atoms with Crippen LogP contribution in [0.2, 0.25) is 0 Å². The molecule has 4 aromatic rings. The third kappa shape index (κ3) is 3.54. The van der Waals surface area contributed by atoms with Crippen LogP contribution in [0.1, 0.15) is 0 Å². The molecule has 25 heavy (non-hydrogen) atoms. The first-order valence-electron chi connectivity index (χ1n) is 8.14. The van der Waals surface area contributed by atoms with E-state index in [1.807, 2.05) is 36.4 Å². The quantitative estimate of drug-likeness (QED) is 0.335. The van der Waals surface area contributed by atoms with Gasteiger partial charge in [-0.15, -0.1) is 0 Å². The van der Waals surface area contributed by atoms with Crippen LogP contribution in [0.5, 0.6) is 0 Å². The Bertz CT molecular complexity index is 937. The zero-order valence-corrected chi connectivity index (χ0v) is 15.1. The van der Waals surface area contributed by atoms with Gasteiger partial charge >= 0.3 is 11.5 Å². The monoisotopic (exact) mass is 387 g/mol. The molecule has 0 saturated carbocycles. The van der Waals surface area contributed by atoms with Crippen molar-refractivity contribution in [2.45, 2.75) is 0 Å². The second-order valence-corrected chi connectivity index (χ2v) is 6.73. The van der Waals surface area contributed by atoms with Gasteiger partial charge in [-0.2, -0.15) is 0 Å². The molecule has 1 heterocycles. The summed E-state index contributed by atoms with van der Waals surface area (Å²) in [7, 11) is 0. The lowest BCUT2D eigenvalue weighted by Crippen LogP contribution is -1.86. The Morgan fingerprint density at radius 1 is 0.480 bits per heavy atom. The van der Waals surface area contributed by atoms with Gasteiger partial charge in [0, 0.05) is 10.0 Å². The second kappa shape index (κ2) is 7.04. The van der Waals surface area contributed by atoms with Gasteiger partial charge in [0.2, 0.25) is 0 Å². The van der Waals surface area contributed by atoms with Crippen LogP contribution >= 0.6 is 15.9 Å². The summed E-state index contributed by atoms with van der Waals surface area (Å²) in [6.45, 7) is 0. The van der Waals surface area contributed by atoms with Crippen molar-refractivity contribution in [2.24, 2.45) is 0 Å². The molecule has 0 N–H and O–H groups in total. The van der Waals surface area contributed by atoms with Crippen LogP contribution in [0.3, 0.4) is 0 Å². The topological polar surface area (TPSA) is 11.3 Å². The average Bonchev–Trinajstić information content (AvgIpc) is 2.69. The van der Waals surface area contributed by atoms with E-state index < -0.39 is 0 Å². The van der Waals surface area contributed by atoms with E-state index in [9.17, 15) is 0 Å². The van der Waals surface area contributed by atoms with Crippen molar-refractivity contribution in [3.05, 3.63) is 102 Å². The fourth-order valence-corrected chi connectivity index (χ4v) is 3.23. The minimum atomic E-state index is 0.849. The number of hydrogen-bond donors (Lipinski definition) is 0. The van der Waals surface area contributed by atoms with E-state index in [-0.39, 0.29) is 0 Å². The first kappa shape index (κ1) is 15.8. The van der Waals surface area contributed by atoms with E-state index in [0.29, 0.717) is 0 Å². The molecule has 4 rings (SSSR count). The zero-order chi connectivity index (χ0) is 17.1.